The Hall–Kier alpha value is -4.13. The molecule has 0 radical (unpaired) electrons. The molecule has 4 N–H and O–H groups in total. The van der Waals surface area contributed by atoms with Gasteiger partial charge in [-0.05, 0) is 54.6 Å². The maximum atomic E-state index is 12.4. The van der Waals surface area contributed by atoms with Crippen LogP contribution in [0.4, 0.5) is 11.4 Å². The number of benzene rings is 3. The van der Waals surface area contributed by atoms with Crippen LogP contribution in [0.1, 0.15) is 20.7 Å². The zero-order valence-electron chi connectivity index (χ0n) is 14.7. The molecule has 1 aromatic heterocycles. The minimum Gasteiger partial charge on any atom is -0.322 e. The molecule has 2 amide bonds. The number of fused-ring (bicyclic) bond motifs is 1. The molecule has 0 atom stereocenters. The third-order valence-electron chi connectivity index (χ3n) is 4.21. The molecule has 0 aliphatic carbocycles. The van der Waals surface area contributed by atoms with Crippen molar-refractivity contribution in [3.05, 3.63) is 94.4 Å². The number of aromatic amines is 2. The van der Waals surface area contributed by atoms with Crippen molar-refractivity contribution >= 4 is 34.2 Å². The second-order valence-electron chi connectivity index (χ2n) is 6.19. The van der Waals surface area contributed by atoms with Crippen molar-refractivity contribution in [1.29, 1.82) is 0 Å². The molecule has 7 heteroatoms. The first-order chi connectivity index (χ1) is 13.6. The SMILES string of the molecule is O=C(Nc1ccc(C(=O)Nc2ccc3[nH]c(=O)[nH]c3c2)cc1)c1ccccc1. The summed E-state index contributed by atoms with van der Waals surface area (Å²) in [6.45, 7) is 0. The summed E-state index contributed by atoms with van der Waals surface area (Å²) in [5, 5.41) is 5.57. The summed E-state index contributed by atoms with van der Waals surface area (Å²) in [6, 6.07) is 20.6. The lowest BCUT2D eigenvalue weighted by molar-refractivity contribution is 0.102. The quantitative estimate of drug-likeness (QED) is 0.441. The van der Waals surface area contributed by atoms with Gasteiger partial charge in [-0.2, -0.15) is 0 Å². The van der Waals surface area contributed by atoms with Crippen molar-refractivity contribution in [3.8, 4) is 0 Å². The number of aromatic nitrogens is 2. The predicted molar refractivity (Wildman–Crippen MR) is 108 cm³/mol. The zero-order valence-corrected chi connectivity index (χ0v) is 14.7. The van der Waals surface area contributed by atoms with Crippen LogP contribution >= 0.6 is 0 Å². The van der Waals surface area contributed by atoms with Crippen molar-refractivity contribution in [3.63, 3.8) is 0 Å². The molecule has 28 heavy (non-hydrogen) atoms. The third kappa shape index (κ3) is 3.68. The summed E-state index contributed by atoms with van der Waals surface area (Å²) >= 11 is 0. The highest BCUT2D eigenvalue weighted by atomic mass is 16.2. The Morgan fingerprint density at radius 3 is 1.93 bits per heavy atom. The highest BCUT2D eigenvalue weighted by Crippen LogP contribution is 2.17. The number of nitrogens with one attached hydrogen (secondary N) is 4. The van der Waals surface area contributed by atoms with E-state index in [1.54, 1.807) is 66.7 Å². The Kier molecular flexibility index (Phi) is 4.47. The second kappa shape index (κ2) is 7.24. The first-order valence-corrected chi connectivity index (χ1v) is 8.58. The van der Waals surface area contributed by atoms with Gasteiger partial charge in [0, 0.05) is 22.5 Å². The van der Waals surface area contributed by atoms with Gasteiger partial charge in [0.25, 0.3) is 11.8 Å². The van der Waals surface area contributed by atoms with Gasteiger partial charge >= 0.3 is 5.69 Å². The summed E-state index contributed by atoms with van der Waals surface area (Å²) < 4.78 is 0. The number of carbonyl (C=O) groups excluding carboxylic acids is 2. The topological polar surface area (TPSA) is 107 Å². The van der Waals surface area contributed by atoms with E-state index in [2.05, 4.69) is 20.6 Å². The fourth-order valence-corrected chi connectivity index (χ4v) is 2.81. The van der Waals surface area contributed by atoms with E-state index in [1.165, 1.54) is 0 Å². The zero-order chi connectivity index (χ0) is 19.5. The number of rotatable bonds is 4. The van der Waals surface area contributed by atoms with Gasteiger partial charge in [0.1, 0.15) is 0 Å². The maximum Gasteiger partial charge on any atom is 0.323 e. The van der Waals surface area contributed by atoms with Crippen LogP contribution < -0.4 is 16.3 Å². The average molecular weight is 372 g/mol. The second-order valence-corrected chi connectivity index (χ2v) is 6.19. The van der Waals surface area contributed by atoms with Crippen LogP contribution in [-0.2, 0) is 0 Å². The molecule has 1 heterocycles. The summed E-state index contributed by atoms with van der Waals surface area (Å²) in [5.74, 6) is -0.509. The minimum absolute atomic E-state index is 0.216. The lowest BCUT2D eigenvalue weighted by Crippen LogP contribution is -2.13. The van der Waals surface area contributed by atoms with Crippen molar-refractivity contribution in [2.24, 2.45) is 0 Å². The number of amides is 2. The summed E-state index contributed by atoms with van der Waals surface area (Å²) in [7, 11) is 0. The van der Waals surface area contributed by atoms with E-state index < -0.39 is 0 Å². The normalized spacial score (nSPS) is 10.6. The number of hydrogen-bond donors (Lipinski definition) is 4. The Balaban J connectivity index is 1.44. The van der Waals surface area contributed by atoms with Crippen molar-refractivity contribution in [1.82, 2.24) is 9.97 Å². The Labute approximate surface area is 159 Å². The smallest absolute Gasteiger partial charge is 0.322 e. The van der Waals surface area contributed by atoms with E-state index >= 15 is 0 Å². The van der Waals surface area contributed by atoms with Crippen LogP contribution in [0, 0.1) is 0 Å². The molecule has 7 nitrogen and oxygen atoms in total. The Morgan fingerprint density at radius 2 is 1.21 bits per heavy atom. The molecule has 4 rings (SSSR count). The summed E-state index contributed by atoms with van der Waals surface area (Å²) in [5.41, 5.74) is 3.14. The lowest BCUT2D eigenvalue weighted by Gasteiger charge is -2.08. The molecule has 0 saturated carbocycles. The molecular formula is C21H16N4O3. The number of imidazole rings is 1. The molecule has 3 aromatic carbocycles. The van der Waals surface area contributed by atoms with E-state index in [9.17, 15) is 14.4 Å². The highest BCUT2D eigenvalue weighted by molar-refractivity contribution is 6.06. The van der Waals surface area contributed by atoms with Gasteiger partial charge in [0.2, 0.25) is 0 Å². The standard InChI is InChI=1S/C21H16N4O3/c26-19(13-4-2-1-3-5-13)22-15-8-6-14(7-9-15)20(27)23-16-10-11-17-18(12-16)25-21(28)24-17/h1-12H,(H,22,26)(H,23,27)(H2,24,25,28). The fourth-order valence-electron chi connectivity index (χ4n) is 2.81. The van der Waals surface area contributed by atoms with E-state index in [0.717, 1.165) is 0 Å². The molecule has 0 unspecified atom stereocenters. The Bertz CT molecular complexity index is 1210. The number of carbonyl (C=O) groups is 2. The first-order valence-electron chi connectivity index (χ1n) is 8.58. The first kappa shape index (κ1) is 17.3. The molecular weight excluding hydrogens is 356 g/mol. The van der Waals surface area contributed by atoms with Crippen LogP contribution in [0.3, 0.4) is 0 Å². The molecule has 0 fully saturated rings. The molecule has 0 bridgehead atoms. The third-order valence-corrected chi connectivity index (χ3v) is 4.21. The molecule has 0 aliphatic rings. The number of hydrogen-bond acceptors (Lipinski definition) is 3. The molecule has 138 valence electrons. The van der Waals surface area contributed by atoms with Crippen LogP contribution in [0.2, 0.25) is 0 Å². The number of anilines is 2. The molecule has 0 spiro atoms. The molecule has 0 aliphatic heterocycles. The van der Waals surface area contributed by atoms with Gasteiger partial charge in [-0.1, -0.05) is 18.2 Å². The van der Waals surface area contributed by atoms with Crippen LogP contribution in [0.25, 0.3) is 11.0 Å². The van der Waals surface area contributed by atoms with Crippen molar-refractivity contribution < 1.29 is 9.59 Å². The highest BCUT2D eigenvalue weighted by Gasteiger charge is 2.09. The average Bonchev–Trinajstić information content (AvgIpc) is 3.08. The van der Waals surface area contributed by atoms with Gasteiger partial charge < -0.3 is 20.6 Å². The molecule has 0 saturated heterocycles. The minimum atomic E-state index is -0.299. The van der Waals surface area contributed by atoms with Crippen LogP contribution in [0.5, 0.6) is 0 Å². The maximum absolute atomic E-state index is 12.4. The summed E-state index contributed by atoms with van der Waals surface area (Å²) in [6.07, 6.45) is 0. The number of H-pyrrole nitrogens is 2. The lowest BCUT2D eigenvalue weighted by atomic mass is 10.1. The van der Waals surface area contributed by atoms with E-state index in [1.807, 2.05) is 6.07 Å². The van der Waals surface area contributed by atoms with Crippen LogP contribution in [0.15, 0.2) is 77.6 Å². The van der Waals surface area contributed by atoms with Gasteiger partial charge in [-0.25, -0.2) is 4.79 Å². The molecule has 4 aromatic rings. The monoisotopic (exact) mass is 372 g/mol. The van der Waals surface area contributed by atoms with Crippen molar-refractivity contribution in [2.45, 2.75) is 0 Å². The van der Waals surface area contributed by atoms with Gasteiger partial charge in [0.15, 0.2) is 0 Å². The van der Waals surface area contributed by atoms with Gasteiger partial charge in [-0.3, -0.25) is 9.59 Å². The largest absolute Gasteiger partial charge is 0.323 e. The van der Waals surface area contributed by atoms with Gasteiger partial charge in [0.05, 0.1) is 11.0 Å². The van der Waals surface area contributed by atoms with Crippen LogP contribution in [-0.4, -0.2) is 21.8 Å². The van der Waals surface area contributed by atoms with E-state index in [4.69, 9.17) is 0 Å². The van der Waals surface area contributed by atoms with Gasteiger partial charge in [-0.15, -0.1) is 0 Å². The van der Waals surface area contributed by atoms with E-state index in [0.29, 0.717) is 33.5 Å². The predicted octanol–water partition coefficient (Wildman–Crippen LogP) is 3.36. The van der Waals surface area contributed by atoms with Crippen molar-refractivity contribution in [2.75, 3.05) is 10.6 Å². The Morgan fingerprint density at radius 1 is 0.643 bits per heavy atom. The summed E-state index contributed by atoms with van der Waals surface area (Å²) in [4.78, 5) is 41.2. The van der Waals surface area contributed by atoms with E-state index in [-0.39, 0.29) is 17.5 Å². The fraction of sp³-hybridized carbons (Fsp3) is 0.